The van der Waals surface area contributed by atoms with Gasteiger partial charge in [-0.25, -0.2) is 0 Å². The summed E-state index contributed by atoms with van der Waals surface area (Å²) in [6.07, 6.45) is -3.76. The second-order valence-electron chi connectivity index (χ2n) is 8.42. The van der Waals surface area contributed by atoms with Gasteiger partial charge in [-0.1, -0.05) is 78.9 Å². The quantitative estimate of drug-likeness (QED) is 0.258. The van der Waals surface area contributed by atoms with E-state index in [-0.39, 0.29) is 5.52 Å². The molecule has 0 fully saturated rings. The Morgan fingerprint density at radius 2 is 1.49 bits per heavy atom. The summed E-state index contributed by atoms with van der Waals surface area (Å²) in [5, 5.41) is 4.93. The molecule has 5 rings (SSSR count). The van der Waals surface area contributed by atoms with Crippen LogP contribution in [0.1, 0.15) is 22.3 Å². The van der Waals surface area contributed by atoms with E-state index in [9.17, 15) is 13.2 Å². The molecule has 0 unspecified atom stereocenters. The van der Waals surface area contributed by atoms with E-state index < -0.39 is 11.7 Å². The van der Waals surface area contributed by atoms with Gasteiger partial charge in [0.2, 0.25) is 0 Å². The molecule has 176 valence electrons. The number of fused-ring (bicyclic) bond motifs is 1. The highest BCUT2D eigenvalue weighted by molar-refractivity contribution is 5.95. The van der Waals surface area contributed by atoms with Crippen molar-refractivity contribution in [2.24, 2.45) is 0 Å². The highest BCUT2D eigenvalue weighted by atomic mass is 19.4. The smallest absolute Gasteiger partial charge is 0.418 e. The zero-order valence-electron chi connectivity index (χ0n) is 19.1. The fraction of sp³-hybridized carbons (Fsp3) is 0.138. The van der Waals surface area contributed by atoms with E-state index >= 15 is 0 Å². The zero-order valence-corrected chi connectivity index (χ0v) is 19.1. The second kappa shape index (κ2) is 9.29. The van der Waals surface area contributed by atoms with Gasteiger partial charge in [-0.3, -0.25) is 4.68 Å². The van der Waals surface area contributed by atoms with Crippen LogP contribution in [-0.4, -0.2) is 16.9 Å². The van der Waals surface area contributed by atoms with Crippen molar-refractivity contribution >= 4 is 10.9 Å². The highest BCUT2D eigenvalue weighted by Crippen LogP contribution is 2.38. The van der Waals surface area contributed by atoms with E-state index in [1.807, 2.05) is 78.9 Å². The monoisotopic (exact) mass is 472 g/mol. The van der Waals surface area contributed by atoms with Gasteiger partial charge in [0.25, 0.3) is 0 Å². The number of rotatable bonds is 6. The lowest BCUT2D eigenvalue weighted by molar-refractivity contribution is -0.136. The summed E-state index contributed by atoms with van der Waals surface area (Å²) in [7, 11) is 1.64. The first-order valence-corrected chi connectivity index (χ1v) is 11.3. The van der Waals surface area contributed by atoms with Crippen molar-refractivity contribution < 1.29 is 17.9 Å². The summed E-state index contributed by atoms with van der Waals surface area (Å²) >= 11 is 0. The van der Waals surface area contributed by atoms with Crippen LogP contribution in [-0.2, 0) is 19.1 Å². The van der Waals surface area contributed by atoms with Crippen molar-refractivity contribution in [3.63, 3.8) is 0 Å². The highest BCUT2D eigenvalue weighted by Gasteiger charge is 2.34. The molecule has 0 spiro atoms. The number of alkyl halides is 3. The van der Waals surface area contributed by atoms with Crippen molar-refractivity contribution in [3.8, 4) is 17.0 Å². The minimum atomic E-state index is -4.48. The third-order valence-corrected chi connectivity index (χ3v) is 6.02. The Labute approximate surface area is 201 Å². The number of methoxy groups -OCH3 is 1. The summed E-state index contributed by atoms with van der Waals surface area (Å²) in [6, 6.07) is 29.7. The van der Waals surface area contributed by atoms with E-state index in [2.05, 4.69) is 5.10 Å². The van der Waals surface area contributed by atoms with Gasteiger partial charge < -0.3 is 4.74 Å². The Morgan fingerprint density at radius 3 is 2.20 bits per heavy atom. The lowest BCUT2D eigenvalue weighted by Crippen LogP contribution is -2.06. The first-order chi connectivity index (χ1) is 16.9. The minimum absolute atomic E-state index is 0.0358. The Hall–Kier alpha value is -4.06. The average molecular weight is 473 g/mol. The normalized spacial score (nSPS) is 11.7. The van der Waals surface area contributed by atoms with E-state index in [1.54, 1.807) is 17.9 Å². The molecule has 0 aliphatic heterocycles. The van der Waals surface area contributed by atoms with Gasteiger partial charge in [0.15, 0.2) is 0 Å². The van der Waals surface area contributed by atoms with Crippen LogP contribution in [0.4, 0.5) is 13.2 Å². The molecule has 35 heavy (non-hydrogen) atoms. The molecule has 0 N–H and O–H groups in total. The molecule has 1 heterocycles. The fourth-order valence-corrected chi connectivity index (χ4v) is 4.35. The maximum Gasteiger partial charge on any atom is 0.418 e. The van der Waals surface area contributed by atoms with Gasteiger partial charge in [0.05, 0.1) is 24.9 Å². The van der Waals surface area contributed by atoms with Crippen molar-refractivity contribution in [2.75, 3.05) is 7.11 Å². The number of benzene rings is 4. The molecule has 0 aliphatic carbocycles. The van der Waals surface area contributed by atoms with Crippen molar-refractivity contribution in [1.82, 2.24) is 9.78 Å². The number of nitrogens with zero attached hydrogens (tertiary/aromatic N) is 2. The number of hydrogen-bond donors (Lipinski definition) is 0. The Morgan fingerprint density at radius 1 is 0.771 bits per heavy atom. The second-order valence-corrected chi connectivity index (χ2v) is 8.42. The Balaban J connectivity index is 1.57. The molecule has 4 aromatic carbocycles. The summed E-state index contributed by atoms with van der Waals surface area (Å²) in [5.41, 5.74) is 3.90. The van der Waals surface area contributed by atoms with Crippen LogP contribution in [0.25, 0.3) is 22.2 Å². The third-order valence-electron chi connectivity index (χ3n) is 6.02. The lowest BCUT2D eigenvalue weighted by atomic mass is 10.0. The molecule has 6 heteroatoms. The average Bonchev–Trinajstić information content (AvgIpc) is 3.22. The van der Waals surface area contributed by atoms with Crippen LogP contribution in [0.15, 0.2) is 97.1 Å². The van der Waals surface area contributed by atoms with Crippen LogP contribution >= 0.6 is 0 Å². The number of halogens is 3. The summed E-state index contributed by atoms with van der Waals surface area (Å²) in [5.74, 6) is 0.802. The Bertz CT molecular complexity index is 1460. The predicted molar refractivity (Wildman–Crippen MR) is 132 cm³/mol. The molecule has 0 atom stereocenters. The molecule has 5 aromatic rings. The molecular formula is C29H23F3N2O. The molecule has 0 aliphatic rings. The van der Waals surface area contributed by atoms with Crippen LogP contribution in [0, 0.1) is 0 Å². The molecular weight excluding hydrogens is 449 g/mol. The van der Waals surface area contributed by atoms with Crippen molar-refractivity contribution in [1.29, 1.82) is 0 Å². The molecule has 0 bridgehead atoms. The van der Waals surface area contributed by atoms with Crippen LogP contribution in [0.5, 0.6) is 5.75 Å². The molecule has 0 amide bonds. The standard InChI is InChI=1S/C29H23F3N2O/c1-35-24-10-5-9-22(18-24)17-20-13-15-23(16-14-20)28-25-11-6-12-26(29(30,31)32)27(25)33-34(28)19-21-7-3-2-4-8-21/h2-16,18H,17,19H2,1H3. The Kier molecular flexibility index (Phi) is 6.03. The maximum absolute atomic E-state index is 13.7. The fourth-order valence-electron chi connectivity index (χ4n) is 4.35. The molecule has 1 aromatic heterocycles. The molecule has 0 radical (unpaired) electrons. The summed E-state index contributed by atoms with van der Waals surface area (Å²) in [4.78, 5) is 0. The topological polar surface area (TPSA) is 27.1 Å². The third kappa shape index (κ3) is 4.78. The van der Waals surface area contributed by atoms with Gasteiger partial charge in [0, 0.05) is 10.9 Å². The van der Waals surface area contributed by atoms with Gasteiger partial charge in [-0.15, -0.1) is 0 Å². The first-order valence-electron chi connectivity index (χ1n) is 11.3. The van der Waals surface area contributed by atoms with E-state index in [0.29, 0.717) is 17.6 Å². The molecule has 0 saturated carbocycles. The number of ether oxygens (including phenoxy) is 1. The minimum Gasteiger partial charge on any atom is -0.497 e. The largest absolute Gasteiger partial charge is 0.497 e. The van der Waals surface area contributed by atoms with Crippen LogP contribution < -0.4 is 4.74 Å². The van der Waals surface area contributed by atoms with Crippen molar-refractivity contribution in [2.45, 2.75) is 19.1 Å². The maximum atomic E-state index is 13.7. The predicted octanol–water partition coefficient (Wildman–Crippen LogP) is 7.37. The summed E-state index contributed by atoms with van der Waals surface area (Å²) < 4.78 is 48.2. The van der Waals surface area contributed by atoms with Crippen LogP contribution in [0.2, 0.25) is 0 Å². The lowest BCUT2D eigenvalue weighted by Gasteiger charge is -2.10. The van der Waals surface area contributed by atoms with Gasteiger partial charge in [-0.05, 0) is 41.3 Å². The summed E-state index contributed by atoms with van der Waals surface area (Å²) in [6.45, 7) is 0.369. The van der Waals surface area contributed by atoms with E-state index in [1.165, 1.54) is 6.07 Å². The van der Waals surface area contributed by atoms with E-state index in [0.717, 1.165) is 40.5 Å². The SMILES string of the molecule is COc1cccc(Cc2ccc(-c3c4cccc(C(F)(F)F)c4nn3Cc3ccccc3)cc2)c1. The van der Waals surface area contributed by atoms with E-state index in [4.69, 9.17) is 4.74 Å². The molecule has 0 saturated heterocycles. The van der Waals surface area contributed by atoms with Crippen molar-refractivity contribution in [3.05, 3.63) is 119 Å². The van der Waals surface area contributed by atoms with Crippen LogP contribution in [0.3, 0.4) is 0 Å². The number of hydrogen-bond acceptors (Lipinski definition) is 2. The zero-order chi connectivity index (χ0) is 24.4. The first kappa shape index (κ1) is 22.7. The van der Waals surface area contributed by atoms with Gasteiger partial charge >= 0.3 is 6.18 Å². The molecule has 3 nitrogen and oxygen atoms in total. The number of aromatic nitrogens is 2. The van der Waals surface area contributed by atoms with Gasteiger partial charge in [-0.2, -0.15) is 18.3 Å². The van der Waals surface area contributed by atoms with Gasteiger partial charge in [0.1, 0.15) is 11.3 Å².